The quantitative estimate of drug-likeness (QED) is 0.653. The highest BCUT2D eigenvalue weighted by Crippen LogP contribution is 2.35. The van der Waals surface area contributed by atoms with Crippen molar-refractivity contribution in [3.05, 3.63) is 0 Å². The number of nitrogens with two attached hydrogens (primary N) is 1. The Morgan fingerprint density at radius 1 is 1.12 bits per heavy atom. The Labute approximate surface area is 100 Å². The van der Waals surface area contributed by atoms with Gasteiger partial charge < -0.3 is 11.1 Å². The highest BCUT2D eigenvalue weighted by atomic mass is 14.9. The zero-order valence-electron chi connectivity index (χ0n) is 10.6. The Balaban J connectivity index is 1.57. The molecule has 0 saturated heterocycles. The number of rotatable bonds is 7. The summed E-state index contributed by atoms with van der Waals surface area (Å²) in [5.41, 5.74) is 6.41. The minimum absolute atomic E-state index is 0.442. The molecule has 0 radical (unpaired) electrons. The molecule has 0 bridgehead atoms. The minimum atomic E-state index is 0.442. The average Bonchev–Trinajstić information content (AvgIpc) is 3.14. The molecule has 0 unspecified atom stereocenters. The van der Waals surface area contributed by atoms with Crippen LogP contribution in [0.5, 0.6) is 0 Å². The van der Waals surface area contributed by atoms with Crippen molar-refractivity contribution in [2.45, 2.75) is 57.8 Å². The van der Waals surface area contributed by atoms with Crippen molar-refractivity contribution in [3.63, 3.8) is 0 Å². The first-order chi connectivity index (χ1) is 7.85. The first-order valence-electron chi connectivity index (χ1n) is 7.25. The molecule has 3 N–H and O–H groups in total. The van der Waals surface area contributed by atoms with Crippen LogP contribution in [-0.2, 0) is 0 Å². The van der Waals surface area contributed by atoms with Gasteiger partial charge in [-0.25, -0.2) is 0 Å². The maximum Gasteiger partial charge on any atom is 0.00199 e. The van der Waals surface area contributed by atoms with E-state index in [0.717, 1.165) is 19.0 Å². The molecule has 2 nitrogen and oxygen atoms in total. The van der Waals surface area contributed by atoms with Gasteiger partial charge >= 0.3 is 0 Å². The number of nitrogens with one attached hydrogen (secondary N) is 1. The molecule has 2 heteroatoms. The zero-order valence-corrected chi connectivity index (χ0v) is 10.6. The molecule has 16 heavy (non-hydrogen) atoms. The molecule has 2 rings (SSSR count). The maximum atomic E-state index is 5.97. The maximum absolute atomic E-state index is 5.97. The lowest BCUT2D eigenvalue weighted by molar-refractivity contribution is 0.191. The fourth-order valence-corrected chi connectivity index (χ4v) is 3.03. The van der Waals surface area contributed by atoms with Crippen LogP contribution >= 0.6 is 0 Å². The fraction of sp³-hybridized carbons (Fsp3) is 1.00. The highest BCUT2D eigenvalue weighted by molar-refractivity contribution is 4.85. The Bertz CT molecular complexity index is 193. The summed E-state index contributed by atoms with van der Waals surface area (Å²) in [5.74, 6) is 1.08. The summed E-state index contributed by atoms with van der Waals surface area (Å²) in [6.07, 6.45) is 12.7. The van der Waals surface area contributed by atoms with Crippen molar-refractivity contribution in [1.29, 1.82) is 0 Å². The van der Waals surface area contributed by atoms with E-state index in [-0.39, 0.29) is 0 Å². The first-order valence-corrected chi connectivity index (χ1v) is 7.25. The van der Waals surface area contributed by atoms with Gasteiger partial charge in [-0.1, -0.05) is 32.1 Å². The molecule has 0 atom stereocenters. The fourth-order valence-electron chi connectivity index (χ4n) is 3.03. The second-order valence-electron chi connectivity index (χ2n) is 6.03. The van der Waals surface area contributed by atoms with E-state index in [4.69, 9.17) is 5.73 Å². The van der Waals surface area contributed by atoms with Crippen molar-refractivity contribution >= 4 is 0 Å². The summed E-state index contributed by atoms with van der Waals surface area (Å²) in [5, 5.41) is 3.65. The molecule has 0 aromatic heterocycles. The van der Waals surface area contributed by atoms with Crippen LogP contribution in [0.3, 0.4) is 0 Å². The van der Waals surface area contributed by atoms with Crippen LogP contribution in [0.1, 0.15) is 57.8 Å². The molecule has 0 spiro atoms. The molecule has 0 aliphatic heterocycles. The van der Waals surface area contributed by atoms with Crippen LogP contribution < -0.4 is 11.1 Å². The summed E-state index contributed by atoms with van der Waals surface area (Å²) < 4.78 is 0. The lowest BCUT2D eigenvalue weighted by atomic mass is 9.74. The smallest absolute Gasteiger partial charge is 0.00199 e. The van der Waals surface area contributed by atoms with Gasteiger partial charge in [0.2, 0.25) is 0 Å². The predicted molar refractivity (Wildman–Crippen MR) is 69.4 cm³/mol. The summed E-state index contributed by atoms with van der Waals surface area (Å²) in [4.78, 5) is 0. The van der Waals surface area contributed by atoms with Gasteiger partial charge in [0, 0.05) is 6.54 Å². The third-order valence-corrected chi connectivity index (χ3v) is 4.51. The van der Waals surface area contributed by atoms with E-state index < -0.39 is 0 Å². The SMILES string of the molecule is NCC1(CNCCCC2CC2)CCCCC1. The Kier molecular flexibility index (Phi) is 4.66. The van der Waals surface area contributed by atoms with E-state index >= 15 is 0 Å². The van der Waals surface area contributed by atoms with Crippen molar-refractivity contribution in [2.24, 2.45) is 17.1 Å². The number of hydrogen-bond acceptors (Lipinski definition) is 2. The summed E-state index contributed by atoms with van der Waals surface area (Å²) in [6.45, 7) is 3.25. The second-order valence-corrected chi connectivity index (χ2v) is 6.03. The topological polar surface area (TPSA) is 38.0 Å². The molecule has 2 fully saturated rings. The van der Waals surface area contributed by atoms with E-state index in [1.165, 1.54) is 64.3 Å². The van der Waals surface area contributed by atoms with Gasteiger partial charge in [-0.3, -0.25) is 0 Å². The summed E-state index contributed by atoms with van der Waals surface area (Å²) in [7, 11) is 0. The second kappa shape index (κ2) is 6.02. The van der Waals surface area contributed by atoms with E-state index in [1.807, 2.05) is 0 Å². The molecule has 0 heterocycles. The van der Waals surface area contributed by atoms with Gasteiger partial charge in [0.1, 0.15) is 0 Å². The van der Waals surface area contributed by atoms with Crippen LogP contribution in [0.15, 0.2) is 0 Å². The Morgan fingerprint density at radius 2 is 1.88 bits per heavy atom. The third-order valence-electron chi connectivity index (χ3n) is 4.51. The molecule has 0 aromatic rings. The molecule has 94 valence electrons. The number of hydrogen-bond donors (Lipinski definition) is 2. The van der Waals surface area contributed by atoms with Gasteiger partial charge in [0.05, 0.1) is 0 Å². The van der Waals surface area contributed by atoms with E-state index in [2.05, 4.69) is 5.32 Å². The van der Waals surface area contributed by atoms with Crippen LogP contribution in [0.25, 0.3) is 0 Å². The monoisotopic (exact) mass is 224 g/mol. The van der Waals surface area contributed by atoms with Crippen LogP contribution in [0, 0.1) is 11.3 Å². The van der Waals surface area contributed by atoms with Crippen molar-refractivity contribution < 1.29 is 0 Å². The van der Waals surface area contributed by atoms with Crippen LogP contribution in [0.2, 0.25) is 0 Å². The molecule has 0 amide bonds. The normalized spacial score (nSPS) is 24.6. The van der Waals surface area contributed by atoms with Crippen molar-refractivity contribution in [2.75, 3.05) is 19.6 Å². The summed E-state index contributed by atoms with van der Waals surface area (Å²) in [6, 6.07) is 0. The first kappa shape index (κ1) is 12.4. The van der Waals surface area contributed by atoms with E-state index in [0.29, 0.717) is 5.41 Å². The Hall–Kier alpha value is -0.0800. The molecule has 2 aliphatic carbocycles. The van der Waals surface area contributed by atoms with Crippen molar-refractivity contribution in [3.8, 4) is 0 Å². The standard InChI is InChI=1S/C14H28N2/c15-11-14(8-2-1-3-9-14)12-16-10-4-5-13-6-7-13/h13,16H,1-12,15H2. The molecule has 0 aromatic carbocycles. The molecule has 2 saturated carbocycles. The largest absolute Gasteiger partial charge is 0.330 e. The van der Waals surface area contributed by atoms with Gasteiger partial charge in [0.15, 0.2) is 0 Å². The Morgan fingerprint density at radius 3 is 2.50 bits per heavy atom. The third kappa shape index (κ3) is 3.74. The van der Waals surface area contributed by atoms with Gasteiger partial charge in [-0.05, 0) is 50.1 Å². The predicted octanol–water partition coefficient (Wildman–Crippen LogP) is 2.68. The lowest BCUT2D eigenvalue weighted by Gasteiger charge is -2.36. The molecular weight excluding hydrogens is 196 g/mol. The average molecular weight is 224 g/mol. The lowest BCUT2D eigenvalue weighted by Crippen LogP contribution is -2.42. The zero-order chi connectivity index (χ0) is 11.3. The van der Waals surface area contributed by atoms with Crippen LogP contribution in [-0.4, -0.2) is 19.6 Å². The van der Waals surface area contributed by atoms with E-state index in [1.54, 1.807) is 0 Å². The van der Waals surface area contributed by atoms with E-state index in [9.17, 15) is 0 Å². The van der Waals surface area contributed by atoms with Crippen molar-refractivity contribution in [1.82, 2.24) is 5.32 Å². The molecule has 2 aliphatic rings. The van der Waals surface area contributed by atoms with Crippen LogP contribution in [0.4, 0.5) is 0 Å². The molecular formula is C14H28N2. The van der Waals surface area contributed by atoms with Gasteiger partial charge in [-0.15, -0.1) is 0 Å². The van der Waals surface area contributed by atoms with Gasteiger partial charge in [0.25, 0.3) is 0 Å². The highest BCUT2D eigenvalue weighted by Gasteiger charge is 2.29. The summed E-state index contributed by atoms with van der Waals surface area (Å²) >= 11 is 0. The van der Waals surface area contributed by atoms with Gasteiger partial charge in [-0.2, -0.15) is 0 Å². The minimum Gasteiger partial charge on any atom is -0.330 e.